The molecule has 6 nitrogen and oxygen atoms in total. The Morgan fingerprint density at radius 2 is 2.05 bits per heavy atom. The molecule has 0 unspecified atom stereocenters. The minimum atomic E-state index is -0.849. The Hall–Kier alpha value is -1.66. The van der Waals surface area contributed by atoms with E-state index in [0.717, 1.165) is 19.3 Å². The molecule has 0 bridgehead atoms. The van der Waals surface area contributed by atoms with Gasteiger partial charge in [-0.1, -0.05) is 30.9 Å². The number of nitro groups is 1. The van der Waals surface area contributed by atoms with Crippen LogP contribution in [0.15, 0.2) is 18.2 Å². The van der Waals surface area contributed by atoms with Gasteiger partial charge >= 0.3 is 0 Å². The van der Waals surface area contributed by atoms with E-state index in [0.29, 0.717) is 12.8 Å². The number of rotatable bonds is 4. The molecule has 0 saturated heterocycles. The highest BCUT2D eigenvalue weighted by atomic mass is 35.5. The lowest BCUT2D eigenvalue weighted by molar-refractivity contribution is -0.384. The Labute approximate surface area is 127 Å². The Morgan fingerprint density at radius 1 is 1.38 bits per heavy atom. The summed E-state index contributed by atoms with van der Waals surface area (Å²) in [5, 5.41) is 23.6. The molecule has 1 aliphatic rings. The van der Waals surface area contributed by atoms with E-state index >= 15 is 0 Å². The number of hydrogen-bond donors (Lipinski definition) is 2. The number of hydrogen-bond acceptors (Lipinski definition) is 4. The van der Waals surface area contributed by atoms with E-state index in [1.54, 1.807) is 0 Å². The molecule has 1 aromatic carbocycles. The second kappa shape index (κ2) is 6.41. The van der Waals surface area contributed by atoms with E-state index in [-0.39, 0.29) is 22.8 Å². The maximum atomic E-state index is 12.0. The van der Waals surface area contributed by atoms with E-state index in [1.807, 2.05) is 0 Å². The number of amides is 1. The molecular weight excluding hydrogens is 296 g/mol. The normalized spacial score (nSPS) is 17.2. The smallest absolute Gasteiger partial charge is 0.287 e. The van der Waals surface area contributed by atoms with Gasteiger partial charge in [0.15, 0.2) is 0 Å². The molecule has 21 heavy (non-hydrogen) atoms. The lowest BCUT2D eigenvalue weighted by Gasteiger charge is -2.32. The number of carbonyl (C=O) groups excluding carboxylic acids is 1. The minimum absolute atomic E-state index is 0.0796. The van der Waals surface area contributed by atoms with E-state index in [1.165, 1.54) is 18.2 Å². The first kappa shape index (κ1) is 15.7. The largest absolute Gasteiger partial charge is 0.388 e. The van der Waals surface area contributed by atoms with Crippen molar-refractivity contribution in [2.24, 2.45) is 0 Å². The van der Waals surface area contributed by atoms with Crippen LogP contribution in [0.25, 0.3) is 0 Å². The van der Waals surface area contributed by atoms with Crippen molar-refractivity contribution in [2.45, 2.75) is 37.7 Å². The van der Waals surface area contributed by atoms with E-state index in [4.69, 9.17) is 11.6 Å². The molecule has 0 atom stereocenters. The van der Waals surface area contributed by atoms with Crippen LogP contribution in [-0.4, -0.2) is 28.1 Å². The summed E-state index contributed by atoms with van der Waals surface area (Å²) in [6, 6.07) is 3.82. The molecule has 1 amide bonds. The zero-order valence-electron chi connectivity index (χ0n) is 11.5. The van der Waals surface area contributed by atoms with Gasteiger partial charge in [-0.15, -0.1) is 0 Å². The zero-order valence-corrected chi connectivity index (χ0v) is 12.2. The van der Waals surface area contributed by atoms with Gasteiger partial charge in [0.2, 0.25) is 0 Å². The van der Waals surface area contributed by atoms with Gasteiger partial charge < -0.3 is 10.4 Å². The SMILES string of the molecule is O=C(NCC1(O)CCCCC1)c1ccc([N+](=O)[O-])c(Cl)c1. The van der Waals surface area contributed by atoms with Gasteiger partial charge in [0.25, 0.3) is 11.6 Å². The van der Waals surface area contributed by atoms with Crippen LogP contribution in [0, 0.1) is 10.1 Å². The summed E-state index contributed by atoms with van der Waals surface area (Å²) in [7, 11) is 0. The fourth-order valence-corrected chi connectivity index (χ4v) is 2.78. The lowest BCUT2D eigenvalue weighted by atomic mass is 9.85. The topological polar surface area (TPSA) is 92.5 Å². The van der Waals surface area contributed by atoms with Crippen molar-refractivity contribution < 1.29 is 14.8 Å². The first-order valence-electron chi connectivity index (χ1n) is 6.86. The first-order valence-corrected chi connectivity index (χ1v) is 7.24. The molecule has 2 N–H and O–H groups in total. The number of carbonyl (C=O) groups is 1. The molecule has 0 aliphatic heterocycles. The zero-order chi connectivity index (χ0) is 15.5. The number of aliphatic hydroxyl groups is 1. The van der Waals surface area contributed by atoms with Gasteiger partial charge in [0.1, 0.15) is 5.02 Å². The molecule has 0 spiro atoms. The number of nitrogens with one attached hydrogen (secondary N) is 1. The second-order valence-electron chi connectivity index (χ2n) is 5.39. The van der Waals surface area contributed by atoms with Crippen LogP contribution in [0.5, 0.6) is 0 Å². The van der Waals surface area contributed by atoms with Crippen molar-refractivity contribution >= 4 is 23.2 Å². The number of halogens is 1. The van der Waals surface area contributed by atoms with Crippen molar-refractivity contribution in [1.82, 2.24) is 5.32 Å². The maximum absolute atomic E-state index is 12.0. The van der Waals surface area contributed by atoms with Crippen LogP contribution in [0.1, 0.15) is 42.5 Å². The van der Waals surface area contributed by atoms with Crippen molar-refractivity contribution in [2.75, 3.05) is 6.54 Å². The van der Waals surface area contributed by atoms with Crippen molar-refractivity contribution in [3.8, 4) is 0 Å². The molecule has 0 radical (unpaired) electrons. The first-order chi connectivity index (χ1) is 9.91. The monoisotopic (exact) mass is 312 g/mol. The van der Waals surface area contributed by atoms with Crippen LogP contribution in [0.4, 0.5) is 5.69 Å². The van der Waals surface area contributed by atoms with Gasteiger partial charge in [-0.2, -0.15) is 0 Å². The highest BCUT2D eigenvalue weighted by molar-refractivity contribution is 6.33. The number of nitrogens with zero attached hydrogens (tertiary/aromatic N) is 1. The van der Waals surface area contributed by atoms with Gasteiger partial charge in [-0.3, -0.25) is 14.9 Å². The molecule has 1 saturated carbocycles. The van der Waals surface area contributed by atoms with Gasteiger partial charge in [-0.05, 0) is 25.0 Å². The molecule has 7 heteroatoms. The summed E-state index contributed by atoms with van der Waals surface area (Å²) in [6.45, 7) is 0.181. The molecule has 1 aromatic rings. The van der Waals surface area contributed by atoms with Crippen molar-refractivity contribution in [3.63, 3.8) is 0 Å². The Balaban J connectivity index is 2.00. The minimum Gasteiger partial charge on any atom is -0.388 e. The molecule has 0 aromatic heterocycles. The Kier molecular flexibility index (Phi) is 4.80. The fourth-order valence-electron chi connectivity index (χ4n) is 2.53. The average Bonchev–Trinajstić information content (AvgIpc) is 2.45. The van der Waals surface area contributed by atoms with E-state index in [9.17, 15) is 20.0 Å². The Morgan fingerprint density at radius 3 is 2.62 bits per heavy atom. The van der Waals surface area contributed by atoms with Gasteiger partial charge in [-0.25, -0.2) is 0 Å². The lowest BCUT2D eigenvalue weighted by Crippen LogP contribution is -2.44. The van der Waals surface area contributed by atoms with Crippen LogP contribution in [-0.2, 0) is 0 Å². The maximum Gasteiger partial charge on any atom is 0.287 e. The van der Waals surface area contributed by atoms with Crippen LogP contribution < -0.4 is 5.32 Å². The Bertz CT molecular complexity index is 556. The summed E-state index contributed by atoms with van der Waals surface area (Å²) in [5.74, 6) is -0.397. The van der Waals surface area contributed by atoms with Crippen molar-refractivity contribution in [1.29, 1.82) is 0 Å². The summed E-state index contributed by atoms with van der Waals surface area (Å²) in [6.07, 6.45) is 4.36. The van der Waals surface area contributed by atoms with E-state index in [2.05, 4.69) is 5.32 Å². The van der Waals surface area contributed by atoms with Crippen molar-refractivity contribution in [3.05, 3.63) is 38.9 Å². The predicted octanol–water partition coefficient (Wildman–Crippen LogP) is 2.67. The second-order valence-corrected chi connectivity index (χ2v) is 5.80. The van der Waals surface area contributed by atoms with Gasteiger partial charge in [0.05, 0.1) is 10.5 Å². The van der Waals surface area contributed by atoms with E-state index < -0.39 is 16.4 Å². The molecule has 2 rings (SSSR count). The van der Waals surface area contributed by atoms with Crippen LogP contribution in [0.3, 0.4) is 0 Å². The quantitative estimate of drug-likeness (QED) is 0.660. The third-order valence-corrected chi connectivity index (χ3v) is 4.07. The number of benzene rings is 1. The predicted molar refractivity (Wildman–Crippen MR) is 78.5 cm³/mol. The summed E-state index contributed by atoms with van der Waals surface area (Å²) >= 11 is 5.77. The molecule has 1 aliphatic carbocycles. The third kappa shape index (κ3) is 3.92. The summed E-state index contributed by atoms with van der Waals surface area (Å²) in [5.41, 5.74) is -0.845. The molecule has 1 fully saturated rings. The molecule has 114 valence electrons. The highest BCUT2D eigenvalue weighted by Crippen LogP contribution is 2.28. The average molecular weight is 313 g/mol. The fraction of sp³-hybridized carbons (Fsp3) is 0.500. The highest BCUT2D eigenvalue weighted by Gasteiger charge is 2.29. The van der Waals surface area contributed by atoms with Gasteiger partial charge in [0, 0.05) is 18.2 Å². The summed E-state index contributed by atoms with van der Waals surface area (Å²) in [4.78, 5) is 22.1. The van der Waals surface area contributed by atoms with Crippen LogP contribution in [0.2, 0.25) is 5.02 Å². The van der Waals surface area contributed by atoms with Crippen LogP contribution >= 0.6 is 11.6 Å². The molecule has 0 heterocycles. The third-order valence-electron chi connectivity index (χ3n) is 3.77. The standard InChI is InChI=1S/C14H17ClN2O4/c15-11-8-10(4-5-12(11)17(20)21)13(18)16-9-14(19)6-2-1-3-7-14/h4-5,8,19H,1-3,6-7,9H2,(H,16,18). The number of nitro benzene ring substituents is 1. The summed E-state index contributed by atoms with van der Waals surface area (Å²) < 4.78 is 0. The molecular formula is C14H17ClN2O4.